The molecular formula is C15H13NO5. The van der Waals surface area contributed by atoms with Gasteiger partial charge in [0.25, 0.3) is 0 Å². The zero-order valence-electron chi connectivity index (χ0n) is 11.5. The van der Waals surface area contributed by atoms with Crippen molar-refractivity contribution < 1.29 is 19.2 Å². The van der Waals surface area contributed by atoms with E-state index in [2.05, 4.69) is 0 Å². The van der Waals surface area contributed by atoms with Crippen LogP contribution in [0.2, 0.25) is 0 Å². The Kier molecular flexibility index (Phi) is 4.18. The third-order valence-electron chi connectivity index (χ3n) is 2.85. The Morgan fingerprint density at radius 3 is 2.24 bits per heavy atom. The van der Waals surface area contributed by atoms with Crippen LogP contribution in [0.15, 0.2) is 42.5 Å². The number of nitrogens with zero attached hydrogens (tertiary/aromatic N) is 1. The number of benzene rings is 2. The normalized spacial score (nSPS) is 10.0. The number of ketones is 1. The Morgan fingerprint density at radius 1 is 1.10 bits per heavy atom. The largest absolute Gasteiger partial charge is 0.497 e. The summed E-state index contributed by atoms with van der Waals surface area (Å²) in [5.74, 6) is 0.871. The molecule has 0 heterocycles. The quantitative estimate of drug-likeness (QED) is 0.477. The van der Waals surface area contributed by atoms with E-state index in [4.69, 9.17) is 9.47 Å². The van der Waals surface area contributed by atoms with Crippen molar-refractivity contribution in [2.75, 3.05) is 7.11 Å². The van der Waals surface area contributed by atoms with E-state index in [0.717, 1.165) is 0 Å². The highest BCUT2D eigenvalue weighted by atomic mass is 16.6. The predicted molar refractivity (Wildman–Crippen MR) is 76.2 cm³/mol. The highest BCUT2D eigenvalue weighted by Gasteiger charge is 2.17. The van der Waals surface area contributed by atoms with Crippen LogP contribution in [0.1, 0.15) is 17.3 Å². The van der Waals surface area contributed by atoms with Crippen molar-refractivity contribution in [3.63, 3.8) is 0 Å². The Labute approximate surface area is 121 Å². The minimum Gasteiger partial charge on any atom is -0.497 e. The summed E-state index contributed by atoms with van der Waals surface area (Å²) < 4.78 is 10.5. The van der Waals surface area contributed by atoms with Crippen molar-refractivity contribution in [3.8, 4) is 17.2 Å². The highest BCUT2D eigenvalue weighted by Crippen LogP contribution is 2.34. The monoisotopic (exact) mass is 287 g/mol. The molecular weight excluding hydrogens is 274 g/mol. The molecule has 0 atom stereocenters. The third-order valence-corrected chi connectivity index (χ3v) is 2.85. The number of nitro groups is 1. The molecule has 0 aromatic heterocycles. The maximum Gasteiger partial charge on any atom is 0.311 e. The SMILES string of the molecule is COc1ccc([N+](=O)[O-])c(Oc2ccc(C(C)=O)cc2)c1. The van der Waals surface area contributed by atoms with Gasteiger partial charge in [0.15, 0.2) is 5.78 Å². The van der Waals surface area contributed by atoms with Crippen molar-refractivity contribution in [2.24, 2.45) is 0 Å². The molecule has 0 spiro atoms. The molecule has 0 aliphatic heterocycles. The fourth-order valence-electron chi connectivity index (χ4n) is 1.74. The third kappa shape index (κ3) is 3.36. The van der Waals surface area contributed by atoms with Crippen LogP contribution in [0.5, 0.6) is 17.2 Å². The van der Waals surface area contributed by atoms with Gasteiger partial charge in [-0.1, -0.05) is 0 Å². The lowest BCUT2D eigenvalue weighted by molar-refractivity contribution is -0.385. The first-order chi connectivity index (χ1) is 10.0. The van der Waals surface area contributed by atoms with E-state index in [1.54, 1.807) is 24.3 Å². The van der Waals surface area contributed by atoms with Crippen molar-refractivity contribution in [1.82, 2.24) is 0 Å². The average Bonchev–Trinajstić information content (AvgIpc) is 2.47. The molecule has 0 amide bonds. The predicted octanol–water partition coefficient (Wildman–Crippen LogP) is 3.60. The Hall–Kier alpha value is -2.89. The van der Waals surface area contributed by atoms with Gasteiger partial charge in [-0.3, -0.25) is 14.9 Å². The zero-order valence-corrected chi connectivity index (χ0v) is 11.5. The smallest absolute Gasteiger partial charge is 0.311 e. The van der Waals surface area contributed by atoms with Gasteiger partial charge in [0.05, 0.1) is 12.0 Å². The van der Waals surface area contributed by atoms with Crippen LogP contribution in [0.3, 0.4) is 0 Å². The number of nitro benzene ring substituents is 1. The van der Waals surface area contributed by atoms with Gasteiger partial charge in [0.1, 0.15) is 11.5 Å². The lowest BCUT2D eigenvalue weighted by Gasteiger charge is -2.08. The van der Waals surface area contributed by atoms with Crippen molar-refractivity contribution in [3.05, 3.63) is 58.1 Å². The van der Waals surface area contributed by atoms with Gasteiger partial charge in [-0.15, -0.1) is 0 Å². The molecule has 6 heteroatoms. The van der Waals surface area contributed by atoms with E-state index < -0.39 is 4.92 Å². The van der Waals surface area contributed by atoms with Gasteiger partial charge in [0.2, 0.25) is 5.75 Å². The number of methoxy groups -OCH3 is 1. The van der Waals surface area contributed by atoms with E-state index >= 15 is 0 Å². The van der Waals surface area contributed by atoms with Crippen LogP contribution in [0.25, 0.3) is 0 Å². The minimum atomic E-state index is -0.529. The molecule has 0 aliphatic rings. The summed E-state index contributed by atoms with van der Waals surface area (Å²) in [4.78, 5) is 21.7. The van der Waals surface area contributed by atoms with E-state index in [9.17, 15) is 14.9 Å². The molecule has 2 aromatic carbocycles. The second-order valence-electron chi connectivity index (χ2n) is 4.27. The van der Waals surface area contributed by atoms with Crippen molar-refractivity contribution >= 4 is 11.5 Å². The van der Waals surface area contributed by atoms with E-state index in [0.29, 0.717) is 17.1 Å². The van der Waals surface area contributed by atoms with E-state index in [1.807, 2.05) is 0 Å². The van der Waals surface area contributed by atoms with Crippen LogP contribution in [-0.2, 0) is 0 Å². The Morgan fingerprint density at radius 2 is 1.71 bits per heavy atom. The van der Waals surface area contributed by atoms with Gasteiger partial charge in [-0.2, -0.15) is 0 Å². The second-order valence-corrected chi connectivity index (χ2v) is 4.27. The maximum absolute atomic E-state index is 11.2. The molecule has 0 bridgehead atoms. The Balaban J connectivity index is 2.33. The summed E-state index contributed by atoms with van der Waals surface area (Å²) in [5, 5.41) is 11.0. The minimum absolute atomic E-state index is 0.0612. The fraction of sp³-hybridized carbons (Fsp3) is 0.133. The average molecular weight is 287 g/mol. The van der Waals surface area contributed by atoms with E-state index in [1.165, 1.54) is 32.2 Å². The summed E-state index contributed by atoms with van der Waals surface area (Å²) in [7, 11) is 1.46. The second kappa shape index (κ2) is 6.04. The first kappa shape index (κ1) is 14.5. The summed E-state index contributed by atoms with van der Waals surface area (Å²) in [6, 6.07) is 10.6. The first-order valence-electron chi connectivity index (χ1n) is 6.12. The number of hydrogen-bond donors (Lipinski definition) is 0. The molecule has 0 aliphatic carbocycles. The topological polar surface area (TPSA) is 78.7 Å². The number of carbonyl (C=O) groups excluding carboxylic acids is 1. The molecule has 6 nitrogen and oxygen atoms in total. The van der Waals surface area contributed by atoms with Crippen molar-refractivity contribution in [1.29, 1.82) is 0 Å². The molecule has 0 unspecified atom stereocenters. The lowest BCUT2D eigenvalue weighted by Crippen LogP contribution is -1.95. The van der Waals surface area contributed by atoms with Gasteiger partial charge in [-0.05, 0) is 37.3 Å². The first-order valence-corrected chi connectivity index (χ1v) is 6.12. The molecule has 0 radical (unpaired) electrons. The number of rotatable bonds is 5. The molecule has 21 heavy (non-hydrogen) atoms. The van der Waals surface area contributed by atoms with Crippen LogP contribution < -0.4 is 9.47 Å². The van der Waals surface area contributed by atoms with Crippen molar-refractivity contribution in [2.45, 2.75) is 6.92 Å². The summed E-state index contributed by atoms with van der Waals surface area (Å²) in [6.07, 6.45) is 0. The van der Waals surface area contributed by atoms with Gasteiger partial charge < -0.3 is 9.47 Å². The fourth-order valence-corrected chi connectivity index (χ4v) is 1.74. The lowest BCUT2D eigenvalue weighted by atomic mass is 10.1. The number of Topliss-reactive ketones (excluding diaryl/α,β-unsaturated/α-hetero) is 1. The van der Waals surface area contributed by atoms with Gasteiger partial charge >= 0.3 is 5.69 Å². The molecule has 2 aromatic rings. The Bertz CT molecular complexity index is 679. The molecule has 0 saturated carbocycles. The summed E-state index contributed by atoms with van der Waals surface area (Å²) in [6.45, 7) is 1.46. The number of carbonyl (C=O) groups is 1. The molecule has 0 fully saturated rings. The summed E-state index contributed by atoms with van der Waals surface area (Å²) >= 11 is 0. The molecule has 108 valence electrons. The van der Waals surface area contributed by atoms with Crippen LogP contribution in [0, 0.1) is 10.1 Å². The molecule has 2 rings (SSSR count). The number of hydrogen-bond acceptors (Lipinski definition) is 5. The maximum atomic E-state index is 11.2. The standard InChI is InChI=1S/C15H13NO5/c1-10(17)11-3-5-12(6-4-11)21-15-9-13(20-2)7-8-14(15)16(18)19/h3-9H,1-2H3. The zero-order chi connectivity index (χ0) is 15.4. The molecule has 0 N–H and O–H groups in total. The highest BCUT2D eigenvalue weighted by molar-refractivity contribution is 5.94. The van der Waals surface area contributed by atoms with Gasteiger partial charge in [0, 0.05) is 17.7 Å². The number of ether oxygens (including phenoxy) is 2. The van der Waals surface area contributed by atoms with Crippen LogP contribution in [0.4, 0.5) is 5.69 Å². The molecule has 0 saturated heterocycles. The van der Waals surface area contributed by atoms with Crippen LogP contribution in [-0.4, -0.2) is 17.8 Å². The van der Waals surface area contributed by atoms with Gasteiger partial charge in [-0.25, -0.2) is 0 Å². The van der Waals surface area contributed by atoms with Crippen LogP contribution >= 0.6 is 0 Å². The van der Waals surface area contributed by atoms with E-state index in [-0.39, 0.29) is 17.2 Å². The summed E-state index contributed by atoms with van der Waals surface area (Å²) in [5.41, 5.74) is 0.383.